The largest absolute Gasteiger partial charge is 0.214 e. The van der Waals surface area contributed by atoms with Crippen LogP contribution in [0.2, 0.25) is 0 Å². The van der Waals surface area contributed by atoms with E-state index < -0.39 is 10.0 Å². The molecule has 0 atom stereocenters. The quantitative estimate of drug-likeness (QED) is 0.570. The molecular formula is C15H33NO2S. The molecule has 0 aliphatic carbocycles. The molecule has 0 N–H and O–H groups in total. The smallest absolute Gasteiger partial charge is 0.212 e. The fraction of sp³-hybridized carbons (Fsp3) is 1.00. The van der Waals surface area contributed by atoms with Crippen molar-refractivity contribution in [3.63, 3.8) is 0 Å². The average molecular weight is 292 g/mol. The molecule has 4 heteroatoms. The predicted octanol–water partition coefficient (Wildman–Crippen LogP) is 4.04. The highest BCUT2D eigenvalue weighted by molar-refractivity contribution is 7.89. The molecule has 3 nitrogen and oxygen atoms in total. The monoisotopic (exact) mass is 291 g/mol. The molecule has 0 aliphatic rings. The molecule has 0 bridgehead atoms. The Morgan fingerprint density at radius 1 is 0.895 bits per heavy atom. The lowest BCUT2D eigenvalue weighted by Gasteiger charge is -2.26. The van der Waals surface area contributed by atoms with E-state index in [1.165, 1.54) is 0 Å². The van der Waals surface area contributed by atoms with Crippen molar-refractivity contribution in [2.24, 2.45) is 5.41 Å². The molecule has 0 unspecified atom stereocenters. The van der Waals surface area contributed by atoms with Crippen LogP contribution in [-0.4, -0.2) is 31.6 Å². The van der Waals surface area contributed by atoms with Gasteiger partial charge in [0.1, 0.15) is 0 Å². The number of sulfonamides is 1. The summed E-state index contributed by atoms with van der Waals surface area (Å²) in [5.41, 5.74) is 0.184. The van der Waals surface area contributed by atoms with E-state index in [1.54, 1.807) is 4.31 Å². The summed E-state index contributed by atoms with van der Waals surface area (Å²) in [6.07, 6.45) is 5.90. The lowest BCUT2D eigenvalue weighted by atomic mass is 9.92. The highest BCUT2D eigenvalue weighted by Gasteiger charge is 2.22. The topological polar surface area (TPSA) is 37.4 Å². The van der Waals surface area contributed by atoms with Crippen LogP contribution in [0, 0.1) is 5.41 Å². The van der Waals surface area contributed by atoms with Crippen molar-refractivity contribution in [2.45, 2.75) is 73.1 Å². The summed E-state index contributed by atoms with van der Waals surface area (Å²) in [5.74, 6) is 0.317. The van der Waals surface area contributed by atoms with Crippen LogP contribution in [0.5, 0.6) is 0 Å². The highest BCUT2D eigenvalue weighted by atomic mass is 32.2. The van der Waals surface area contributed by atoms with Crippen molar-refractivity contribution in [2.75, 3.05) is 18.8 Å². The molecule has 0 heterocycles. The number of unbranched alkanes of at least 4 members (excludes halogenated alkanes) is 3. The minimum absolute atomic E-state index is 0.184. The van der Waals surface area contributed by atoms with Crippen LogP contribution in [0.4, 0.5) is 0 Å². The van der Waals surface area contributed by atoms with Crippen LogP contribution in [0.15, 0.2) is 0 Å². The Balaban J connectivity index is 4.40. The number of nitrogens with zero attached hydrogens (tertiary/aromatic N) is 1. The summed E-state index contributed by atoms with van der Waals surface area (Å²) in [6, 6.07) is 0. The van der Waals surface area contributed by atoms with Crippen molar-refractivity contribution in [3.8, 4) is 0 Å². The predicted molar refractivity (Wildman–Crippen MR) is 83.9 cm³/mol. The van der Waals surface area contributed by atoms with E-state index in [0.717, 1.165) is 38.5 Å². The molecule has 0 saturated heterocycles. The fourth-order valence-electron chi connectivity index (χ4n) is 1.94. The summed E-state index contributed by atoms with van der Waals surface area (Å²) in [5, 5.41) is 0. The van der Waals surface area contributed by atoms with Gasteiger partial charge in [-0.05, 0) is 24.7 Å². The summed E-state index contributed by atoms with van der Waals surface area (Å²) in [6.45, 7) is 12.0. The molecule has 0 aromatic heterocycles. The normalized spacial score (nSPS) is 13.2. The molecule has 0 aromatic rings. The second-order valence-electron chi connectivity index (χ2n) is 6.59. The van der Waals surface area contributed by atoms with Crippen molar-refractivity contribution in [1.29, 1.82) is 0 Å². The maximum absolute atomic E-state index is 12.3. The highest BCUT2D eigenvalue weighted by Crippen LogP contribution is 2.20. The summed E-state index contributed by atoms with van der Waals surface area (Å²) >= 11 is 0. The Morgan fingerprint density at radius 2 is 1.53 bits per heavy atom. The Bertz CT molecular complexity index is 318. The molecule has 0 radical (unpaired) electrons. The summed E-state index contributed by atoms with van der Waals surface area (Å²) in [4.78, 5) is 0. The van der Waals surface area contributed by atoms with E-state index in [2.05, 4.69) is 27.7 Å². The maximum Gasteiger partial charge on any atom is 0.214 e. The SMILES string of the molecule is CCCCCCS(=O)(=O)N(CCC)CCC(C)(C)C. The fourth-order valence-corrected chi connectivity index (χ4v) is 3.60. The minimum Gasteiger partial charge on any atom is -0.212 e. The average Bonchev–Trinajstić information content (AvgIpc) is 2.28. The van der Waals surface area contributed by atoms with Crippen molar-refractivity contribution in [3.05, 3.63) is 0 Å². The molecule has 0 spiro atoms. The minimum atomic E-state index is -3.05. The Morgan fingerprint density at radius 3 is 2.00 bits per heavy atom. The third kappa shape index (κ3) is 9.44. The number of hydrogen-bond acceptors (Lipinski definition) is 2. The van der Waals surface area contributed by atoms with E-state index >= 15 is 0 Å². The first-order chi connectivity index (χ1) is 8.73. The first-order valence-electron chi connectivity index (χ1n) is 7.70. The molecule has 0 rings (SSSR count). The van der Waals surface area contributed by atoms with Crippen molar-refractivity contribution >= 4 is 10.0 Å². The summed E-state index contributed by atoms with van der Waals surface area (Å²) < 4.78 is 26.4. The molecule has 0 saturated carbocycles. The molecule has 0 amide bonds. The Labute approximate surface area is 120 Å². The van der Waals surface area contributed by atoms with Gasteiger partial charge in [0, 0.05) is 13.1 Å². The zero-order chi connectivity index (χ0) is 14.9. The van der Waals surface area contributed by atoms with Crippen LogP contribution in [0.3, 0.4) is 0 Å². The lowest BCUT2D eigenvalue weighted by Crippen LogP contribution is -2.36. The zero-order valence-corrected chi connectivity index (χ0v) is 14.4. The van der Waals surface area contributed by atoms with Gasteiger partial charge in [-0.3, -0.25) is 0 Å². The van der Waals surface area contributed by atoms with Gasteiger partial charge in [0.2, 0.25) is 10.0 Å². The van der Waals surface area contributed by atoms with Gasteiger partial charge in [0.15, 0.2) is 0 Å². The van der Waals surface area contributed by atoms with Gasteiger partial charge in [-0.15, -0.1) is 0 Å². The molecule has 0 aliphatic heterocycles. The van der Waals surface area contributed by atoms with Crippen LogP contribution in [-0.2, 0) is 10.0 Å². The molecule has 116 valence electrons. The van der Waals surface area contributed by atoms with Crippen molar-refractivity contribution in [1.82, 2.24) is 4.31 Å². The van der Waals surface area contributed by atoms with Gasteiger partial charge < -0.3 is 0 Å². The molecule has 19 heavy (non-hydrogen) atoms. The van der Waals surface area contributed by atoms with Gasteiger partial charge in [-0.1, -0.05) is 53.9 Å². The van der Waals surface area contributed by atoms with E-state index in [0.29, 0.717) is 18.8 Å². The van der Waals surface area contributed by atoms with Crippen LogP contribution in [0.1, 0.15) is 73.1 Å². The second-order valence-corrected chi connectivity index (χ2v) is 8.67. The van der Waals surface area contributed by atoms with Crippen LogP contribution < -0.4 is 0 Å². The molecule has 0 aromatic carbocycles. The van der Waals surface area contributed by atoms with E-state index in [4.69, 9.17) is 0 Å². The third-order valence-corrected chi connectivity index (χ3v) is 5.19. The number of rotatable bonds is 10. The van der Waals surface area contributed by atoms with Crippen LogP contribution >= 0.6 is 0 Å². The Hall–Kier alpha value is -0.0900. The van der Waals surface area contributed by atoms with E-state index in [9.17, 15) is 8.42 Å². The van der Waals surface area contributed by atoms with Gasteiger partial charge in [0.25, 0.3) is 0 Å². The second kappa shape index (κ2) is 8.96. The van der Waals surface area contributed by atoms with Gasteiger partial charge >= 0.3 is 0 Å². The number of hydrogen-bond donors (Lipinski definition) is 0. The first kappa shape index (κ1) is 18.9. The van der Waals surface area contributed by atoms with Gasteiger partial charge in [0.05, 0.1) is 5.75 Å². The summed E-state index contributed by atoms with van der Waals surface area (Å²) in [7, 11) is -3.05. The first-order valence-corrected chi connectivity index (χ1v) is 9.31. The third-order valence-electron chi connectivity index (χ3n) is 3.23. The zero-order valence-electron chi connectivity index (χ0n) is 13.5. The van der Waals surface area contributed by atoms with Crippen LogP contribution in [0.25, 0.3) is 0 Å². The van der Waals surface area contributed by atoms with Gasteiger partial charge in [-0.25, -0.2) is 12.7 Å². The van der Waals surface area contributed by atoms with Gasteiger partial charge in [-0.2, -0.15) is 0 Å². The standard InChI is InChI=1S/C15H33NO2S/c1-6-8-9-10-14-19(17,18)16(12-7-2)13-11-15(3,4)5/h6-14H2,1-5H3. The van der Waals surface area contributed by atoms with Crippen molar-refractivity contribution < 1.29 is 8.42 Å². The molecular weight excluding hydrogens is 258 g/mol. The lowest BCUT2D eigenvalue weighted by molar-refractivity contribution is 0.310. The van der Waals surface area contributed by atoms with E-state index in [-0.39, 0.29) is 5.41 Å². The maximum atomic E-state index is 12.3. The molecule has 0 fully saturated rings. The Kier molecular flexibility index (Phi) is 8.92. The van der Waals surface area contributed by atoms with E-state index in [1.807, 2.05) is 6.92 Å².